The van der Waals surface area contributed by atoms with Crippen molar-refractivity contribution in [3.05, 3.63) is 0 Å². The lowest BCUT2D eigenvalue weighted by Crippen LogP contribution is -2.51. The van der Waals surface area contributed by atoms with Gasteiger partial charge in [0.05, 0.1) is 0 Å². The summed E-state index contributed by atoms with van der Waals surface area (Å²) in [6, 6.07) is 0. The van der Waals surface area contributed by atoms with Crippen LogP contribution in [-0.4, -0.2) is 37.5 Å². The Labute approximate surface area is 117 Å². The van der Waals surface area contributed by atoms with Gasteiger partial charge >= 0.3 is 18.0 Å². The zero-order chi connectivity index (χ0) is 16.1. The third-order valence-corrected chi connectivity index (χ3v) is 3.14. The highest BCUT2D eigenvalue weighted by Gasteiger charge is 2.72. The van der Waals surface area contributed by atoms with Gasteiger partial charge in [-0.25, -0.2) is 0 Å². The molecule has 0 aliphatic carbocycles. The Morgan fingerprint density at radius 2 is 1.62 bits per heavy atom. The van der Waals surface area contributed by atoms with Crippen molar-refractivity contribution >= 4 is 0 Å². The highest BCUT2D eigenvalue weighted by Crippen LogP contribution is 2.48. The number of rotatable bonds is 8. The smallest absolute Gasteiger partial charge is 0.353 e. The Morgan fingerprint density at radius 1 is 0.952 bits per heavy atom. The summed E-state index contributed by atoms with van der Waals surface area (Å²) in [6.45, 7) is 0.787. The van der Waals surface area contributed by atoms with Crippen LogP contribution in [0, 0.1) is 0 Å². The van der Waals surface area contributed by atoms with Crippen molar-refractivity contribution in [1.29, 1.82) is 0 Å². The van der Waals surface area contributed by atoms with Gasteiger partial charge in [0, 0.05) is 26.1 Å². The predicted molar refractivity (Wildman–Crippen MR) is 59.3 cm³/mol. The molecule has 126 valence electrons. The van der Waals surface area contributed by atoms with E-state index in [9.17, 15) is 30.7 Å². The molecule has 0 aromatic heterocycles. The van der Waals surface area contributed by atoms with Crippen LogP contribution in [0.4, 0.5) is 30.7 Å². The minimum Gasteiger partial charge on any atom is -0.353 e. The molecule has 21 heavy (non-hydrogen) atoms. The molecule has 0 saturated carbocycles. The van der Waals surface area contributed by atoms with Gasteiger partial charge in [-0.15, -0.1) is 0 Å². The number of alkyl halides is 7. The first kappa shape index (κ1) is 18.5. The zero-order valence-corrected chi connectivity index (χ0v) is 11.2. The lowest BCUT2D eigenvalue weighted by atomic mass is 10.0. The van der Waals surface area contributed by atoms with Crippen molar-refractivity contribution in [3.63, 3.8) is 0 Å². The van der Waals surface area contributed by atoms with Crippen LogP contribution >= 0.6 is 0 Å². The Bertz CT molecular complexity index is 311. The number of ether oxygens (including phenoxy) is 2. The van der Waals surface area contributed by atoms with Gasteiger partial charge in [0.25, 0.3) is 0 Å². The Kier molecular flexibility index (Phi) is 6.27. The normalized spacial score (nSPS) is 21.0. The van der Waals surface area contributed by atoms with Crippen LogP contribution in [0.15, 0.2) is 0 Å². The van der Waals surface area contributed by atoms with Gasteiger partial charge in [0.2, 0.25) is 0 Å². The second kappa shape index (κ2) is 7.13. The fourth-order valence-electron chi connectivity index (χ4n) is 1.88. The summed E-state index contributed by atoms with van der Waals surface area (Å²) in [7, 11) is 0. The van der Waals surface area contributed by atoms with Crippen LogP contribution in [0.5, 0.6) is 0 Å². The van der Waals surface area contributed by atoms with Crippen LogP contribution < -0.4 is 0 Å². The van der Waals surface area contributed by atoms with E-state index in [1.165, 1.54) is 0 Å². The first-order chi connectivity index (χ1) is 9.58. The molecule has 0 aromatic carbocycles. The maximum absolute atomic E-state index is 12.9. The fraction of sp³-hybridized carbons (Fsp3) is 1.00. The SMILES string of the molecule is FC(F)(F)C(F)(F)C(F)(F)CCCCCOC1CCCO1. The van der Waals surface area contributed by atoms with Crippen molar-refractivity contribution in [2.24, 2.45) is 0 Å². The summed E-state index contributed by atoms with van der Waals surface area (Å²) in [5, 5.41) is 0. The molecule has 1 heterocycles. The number of halogens is 7. The van der Waals surface area contributed by atoms with Gasteiger partial charge in [-0.3, -0.25) is 0 Å². The van der Waals surface area contributed by atoms with Crippen LogP contribution in [0.25, 0.3) is 0 Å². The maximum atomic E-state index is 12.9. The van der Waals surface area contributed by atoms with Crippen molar-refractivity contribution in [2.75, 3.05) is 13.2 Å². The lowest BCUT2D eigenvalue weighted by Gasteiger charge is -2.28. The predicted octanol–water partition coefficient (Wildman–Crippen LogP) is 4.53. The molecule has 0 radical (unpaired) electrons. The standard InChI is InChI=1S/C12H17F7O2/c13-10(14,11(15,16)12(17,18)19)6-2-1-3-7-20-9-5-4-8-21-9/h9H,1-8H2. The van der Waals surface area contributed by atoms with Crippen molar-refractivity contribution in [1.82, 2.24) is 0 Å². The highest BCUT2D eigenvalue weighted by atomic mass is 19.4. The monoisotopic (exact) mass is 326 g/mol. The molecule has 1 saturated heterocycles. The van der Waals surface area contributed by atoms with Crippen LogP contribution in [0.2, 0.25) is 0 Å². The average molecular weight is 326 g/mol. The minimum atomic E-state index is -6.25. The van der Waals surface area contributed by atoms with E-state index in [-0.39, 0.29) is 19.3 Å². The van der Waals surface area contributed by atoms with Gasteiger partial charge in [-0.1, -0.05) is 6.42 Å². The quantitative estimate of drug-likeness (QED) is 0.482. The molecule has 1 aliphatic rings. The third-order valence-electron chi connectivity index (χ3n) is 3.14. The van der Waals surface area contributed by atoms with Gasteiger partial charge in [-0.2, -0.15) is 30.7 Å². The molecule has 1 rings (SSSR count). The molecule has 0 amide bonds. The van der Waals surface area contributed by atoms with E-state index in [2.05, 4.69) is 0 Å². The largest absolute Gasteiger partial charge is 0.459 e. The van der Waals surface area contributed by atoms with Crippen molar-refractivity contribution in [2.45, 2.75) is 62.8 Å². The molecule has 1 unspecified atom stereocenters. The molecule has 2 nitrogen and oxygen atoms in total. The summed E-state index contributed by atoms with van der Waals surface area (Å²) in [5.74, 6) is -11.1. The van der Waals surface area contributed by atoms with Crippen LogP contribution in [0.1, 0.15) is 38.5 Å². The number of unbranched alkanes of at least 4 members (excludes halogenated alkanes) is 2. The molecular weight excluding hydrogens is 309 g/mol. The van der Waals surface area contributed by atoms with E-state index in [1.54, 1.807) is 0 Å². The second-order valence-corrected chi connectivity index (χ2v) is 4.90. The molecule has 1 aliphatic heterocycles. The van der Waals surface area contributed by atoms with E-state index in [4.69, 9.17) is 9.47 Å². The van der Waals surface area contributed by atoms with E-state index in [1.807, 2.05) is 0 Å². The Morgan fingerprint density at radius 3 is 2.14 bits per heavy atom. The molecule has 1 atom stereocenters. The molecular formula is C12H17F7O2. The average Bonchev–Trinajstić information content (AvgIpc) is 2.85. The highest BCUT2D eigenvalue weighted by molar-refractivity contribution is 4.90. The summed E-state index contributed by atoms with van der Waals surface area (Å²) in [5.41, 5.74) is 0. The van der Waals surface area contributed by atoms with Gasteiger partial charge in [-0.05, 0) is 19.3 Å². The van der Waals surface area contributed by atoms with Gasteiger partial charge in [0.15, 0.2) is 6.29 Å². The molecule has 0 N–H and O–H groups in total. The molecule has 0 bridgehead atoms. The lowest BCUT2D eigenvalue weighted by molar-refractivity contribution is -0.355. The van der Waals surface area contributed by atoms with Gasteiger partial charge in [0.1, 0.15) is 0 Å². The van der Waals surface area contributed by atoms with Gasteiger partial charge < -0.3 is 9.47 Å². The van der Waals surface area contributed by atoms with Crippen LogP contribution in [0.3, 0.4) is 0 Å². The maximum Gasteiger partial charge on any atom is 0.459 e. The number of hydrogen-bond acceptors (Lipinski definition) is 2. The van der Waals surface area contributed by atoms with E-state index < -0.39 is 30.9 Å². The van der Waals surface area contributed by atoms with Crippen LogP contribution in [-0.2, 0) is 9.47 Å². The van der Waals surface area contributed by atoms with E-state index in [0.717, 1.165) is 12.8 Å². The second-order valence-electron chi connectivity index (χ2n) is 4.90. The molecule has 1 fully saturated rings. The molecule has 9 heteroatoms. The third kappa shape index (κ3) is 4.98. The minimum absolute atomic E-state index is 0.0796. The fourth-order valence-corrected chi connectivity index (χ4v) is 1.88. The Balaban J connectivity index is 2.21. The van der Waals surface area contributed by atoms with E-state index in [0.29, 0.717) is 13.0 Å². The first-order valence-corrected chi connectivity index (χ1v) is 6.63. The summed E-state index contributed by atoms with van der Waals surface area (Å²) < 4.78 is 97.0. The summed E-state index contributed by atoms with van der Waals surface area (Å²) in [4.78, 5) is 0. The number of hydrogen-bond donors (Lipinski definition) is 0. The van der Waals surface area contributed by atoms with Crippen molar-refractivity contribution < 1.29 is 40.2 Å². The summed E-state index contributed by atoms with van der Waals surface area (Å²) >= 11 is 0. The van der Waals surface area contributed by atoms with E-state index >= 15 is 0 Å². The molecule has 0 aromatic rings. The summed E-state index contributed by atoms with van der Waals surface area (Å²) in [6.07, 6.45) is -6.56. The first-order valence-electron chi connectivity index (χ1n) is 6.63. The Hall–Kier alpha value is -0.570. The topological polar surface area (TPSA) is 18.5 Å². The van der Waals surface area contributed by atoms with Crippen molar-refractivity contribution in [3.8, 4) is 0 Å². The molecule has 0 spiro atoms. The zero-order valence-electron chi connectivity index (χ0n) is 11.2.